The standard InChI is InChI=1S/C21H20NO2STe.C9H14N.Fe/c1-18-13-15-20(16-14-18)25(23,24)22-26(21-11-5-6-12-21)17-7-10-19-8-3-2-4-9-19;1-8(10(2)3)9-6-4-5-7-9;/h2-16H,17H2,1H3;4-8H,1-3H3;/q2*-1;+2/b10-7+;;. The number of allylic oxidation sites excluding steroid dienone is 1. The van der Waals surface area contributed by atoms with Crippen molar-refractivity contribution in [1.29, 1.82) is 0 Å². The van der Waals surface area contributed by atoms with Crippen molar-refractivity contribution in [3.05, 3.63) is 126 Å². The number of rotatable bonds is 8. The molecule has 1 atom stereocenters. The molecule has 0 fully saturated rings. The average molecular weight is 670 g/mol. The van der Waals surface area contributed by atoms with Crippen molar-refractivity contribution in [2.45, 2.75) is 29.3 Å². The van der Waals surface area contributed by atoms with Gasteiger partial charge in [-0.05, 0) is 21.0 Å². The third-order valence-electron chi connectivity index (χ3n) is 5.72. The van der Waals surface area contributed by atoms with Gasteiger partial charge in [0.05, 0.1) is 0 Å². The Balaban J connectivity index is 0.000000369. The van der Waals surface area contributed by atoms with Gasteiger partial charge in [-0.1, -0.05) is 0 Å². The monoisotopic (exact) mass is 672 g/mol. The fraction of sp³-hybridized carbons (Fsp3) is 0.200. The molecule has 0 spiro atoms. The first-order chi connectivity index (χ1) is 17.3. The molecule has 0 aliphatic rings. The number of hydrogen-bond acceptors (Lipinski definition) is 3. The largest absolute Gasteiger partial charge is 2.00 e. The second kappa shape index (κ2) is 15.3. The van der Waals surface area contributed by atoms with Crippen molar-refractivity contribution in [3.63, 3.8) is 0 Å². The molecule has 0 N–H and O–H groups in total. The van der Waals surface area contributed by atoms with Crippen LogP contribution in [0.4, 0.5) is 0 Å². The second-order valence-corrected chi connectivity index (χ2v) is 15.9. The number of sulfonamides is 1. The van der Waals surface area contributed by atoms with Gasteiger partial charge in [-0.15, -0.1) is 0 Å². The summed E-state index contributed by atoms with van der Waals surface area (Å²) in [6, 6.07) is 33.8. The van der Waals surface area contributed by atoms with Crippen molar-refractivity contribution in [2.24, 2.45) is 2.59 Å². The molecule has 7 heteroatoms. The zero-order chi connectivity index (χ0) is 26.0. The van der Waals surface area contributed by atoms with Gasteiger partial charge in [0.25, 0.3) is 0 Å². The van der Waals surface area contributed by atoms with Crippen molar-refractivity contribution < 1.29 is 25.5 Å². The summed E-state index contributed by atoms with van der Waals surface area (Å²) < 4.78 is 31.6. The van der Waals surface area contributed by atoms with E-state index in [2.05, 4.69) is 52.8 Å². The van der Waals surface area contributed by atoms with E-state index in [0.29, 0.717) is 10.5 Å². The first kappa shape index (κ1) is 31.1. The van der Waals surface area contributed by atoms with Gasteiger partial charge in [0.1, 0.15) is 0 Å². The zero-order valence-corrected chi connectivity index (χ0v) is 25.9. The molecule has 1 unspecified atom stereocenters. The molecule has 0 aliphatic carbocycles. The summed E-state index contributed by atoms with van der Waals surface area (Å²) in [4.78, 5) is 2.47. The van der Waals surface area contributed by atoms with E-state index < -0.39 is 29.4 Å². The van der Waals surface area contributed by atoms with Gasteiger partial charge < -0.3 is 4.90 Å². The molecule has 0 amide bonds. The van der Waals surface area contributed by atoms with E-state index in [0.717, 1.165) is 14.7 Å². The van der Waals surface area contributed by atoms with E-state index in [1.54, 1.807) is 24.3 Å². The zero-order valence-electron chi connectivity index (χ0n) is 21.6. The molecule has 0 radical (unpaired) electrons. The van der Waals surface area contributed by atoms with Gasteiger partial charge in [-0.25, -0.2) is 12.1 Å². The van der Waals surface area contributed by atoms with Gasteiger partial charge in [0.15, 0.2) is 0 Å². The van der Waals surface area contributed by atoms with Crippen LogP contribution in [0.1, 0.15) is 29.7 Å². The summed E-state index contributed by atoms with van der Waals surface area (Å²) in [6.45, 7) is 4.14. The Bertz CT molecular complexity index is 1340. The Morgan fingerprint density at radius 2 is 1.57 bits per heavy atom. The Morgan fingerprint density at radius 3 is 2.14 bits per heavy atom. The van der Waals surface area contributed by atoms with Crippen LogP contribution in [-0.2, 0) is 27.1 Å². The third-order valence-corrected chi connectivity index (χ3v) is 14.0. The molecule has 0 aromatic heterocycles. The van der Waals surface area contributed by atoms with Crippen LogP contribution < -0.4 is 3.61 Å². The van der Waals surface area contributed by atoms with E-state index in [9.17, 15) is 8.42 Å². The Labute approximate surface area is 239 Å². The van der Waals surface area contributed by atoms with Crippen LogP contribution in [0, 0.1) is 6.92 Å². The SMILES string of the molecule is CC(c1ccc[cH-]1)N(C)C.Cc1ccc(S(=O)(=O)/N=[Te](\C/C=C/c2ccccc2)c2ccc[cH-]2)cc1.[Fe+2]. The fourth-order valence-corrected chi connectivity index (χ4v) is 11.0. The molecule has 4 aromatic rings. The quantitative estimate of drug-likeness (QED) is 0.163. The van der Waals surface area contributed by atoms with E-state index >= 15 is 0 Å². The molecule has 0 aliphatic heterocycles. The molecule has 4 aromatic carbocycles. The summed E-state index contributed by atoms with van der Waals surface area (Å²) in [5, 5.41) is 0. The van der Waals surface area contributed by atoms with Crippen molar-refractivity contribution in [2.75, 3.05) is 14.1 Å². The van der Waals surface area contributed by atoms with Crippen molar-refractivity contribution >= 4 is 39.1 Å². The maximum Gasteiger partial charge on any atom is 2.00 e. The van der Waals surface area contributed by atoms with Crippen molar-refractivity contribution in [3.8, 4) is 0 Å². The van der Waals surface area contributed by atoms with E-state index in [1.165, 1.54) is 5.56 Å². The van der Waals surface area contributed by atoms with Gasteiger partial charge in [-0.3, -0.25) is 0 Å². The van der Waals surface area contributed by atoms with Gasteiger partial charge in [0.2, 0.25) is 0 Å². The predicted molar refractivity (Wildman–Crippen MR) is 153 cm³/mol. The minimum absolute atomic E-state index is 0. The van der Waals surface area contributed by atoms with Crippen molar-refractivity contribution in [1.82, 2.24) is 4.90 Å². The topological polar surface area (TPSA) is 49.7 Å². The Morgan fingerprint density at radius 1 is 0.919 bits per heavy atom. The summed E-state index contributed by atoms with van der Waals surface area (Å²) in [6.07, 6.45) is 4.08. The smallest absolute Gasteiger partial charge is 2.00 e. The number of benzene rings is 2. The van der Waals surface area contributed by atoms with Crippen LogP contribution >= 0.6 is 0 Å². The van der Waals surface area contributed by atoms with Crippen LogP contribution in [0.15, 0.2) is 117 Å². The van der Waals surface area contributed by atoms with Crippen LogP contribution in [0.3, 0.4) is 0 Å². The minimum atomic E-state index is -3.63. The van der Waals surface area contributed by atoms with E-state index in [-0.39, 0.29) is 22.0 Å². The molecule has 4 nitrogen and oxygen atoms in total. The molecular formula is C30H34FeN2O2STe. The number of nitrogens with zero attached hydrogens (tertiary/aromatic N) is 2. The summed E-state index contributed by atoms with van der Waals surface area (Å²) >= 11 is -2.40. The number of aryl methyl sites for hydroxylation is 1. The van der Waals surface area contributed by atoms with Gasteiger partial charge >= 0.3 is 180 Å². The molecule has 0 saturated carbocycles. The first-order valence-corrected chi connectivity index (χ1v) is 17.1. The van der Waals surface area contributed by atoms with Crippen LogP contribution in [0.5, 0.6) is 0 Å². The van der Waals surface area contributed by atoms with E-state index in [4.69, 9.17) is 0 Å². The van der Waals surface area contributed by atoms with Crippen LogP contribution in [0.2, 0.25) is 4.47 Å². The summed E-state index contributed by atoms with van der Waals surface area (Å²) in [7, 11) is 0.559. The fourth-order valence-electron chi connectivity index (χ4n) is 3.36. The molecule has 4 rings (SSSR count). The first-order valence-electron chi connectivity index (χ1n) is 11.8. The van der Waals surface area contributed by atoms with Crippen LogP contribution in [0.25, 0.3) is 6.08 Å². The Hall–Kier alpha value is -2.10. The van der Waals surface area contributed by atoms with E-state index in [1.807, 2.05) is 73.7 Å². The third kappa shape index (κ3) is 9.94. The summed E-state index contributed by atoms with van der Waals surface area (Å²) in [5.41, 5.74) is 3.53. The Kier molecular flexibility index (Phi) is 12.9. The number of hydrogen-bond donors (Lipinski definition) is 0. The molecule has 0 bridgehead atoms. The average Bonchev–Trinajstić information content (AvgIpc) is 3.59. The molecule has 37 heavy (non-hydrogen) atoms. The maximum absolute atomic E-state index is 12.7. The normalized spacial score (nSPS) is 13.1. The molecule has 0 saturated heterocycles. The van der Waals surface area contributed by atoms with Gasteiger partial charge in [0, 0.05) is 6.04 Å². The predicted octanol–water partition coefficient (Wildman–Crippen LogP) is 6.31. The van der Waals surface area contributed by atoms with Crippen LogP contribution in [-0.4, -0.2) is 46.8 Å². The maximum atomic E-state index is 12.7. The molecule has 196 valence electrons. The second-order valence-electron chi connectivity index (χ2n) is 8.69. The minimum Gasteiger partial charge on any atom is 2.00 e. The summed E-state index contributed by atoms with van der Waals surface area (Å²) in [5.74, 6) is 0. The van der Waals surface area contributed by atoms with Gasteiger partial charge in [-0.2, -0.15) is 17.7 Å². The molecular weight excluding hydrogens is 636 g/mol. The molecule has 0 heterocycles.